The monoisotopic (exact) mass is 402 g/mol. The number of hydrogen-bond donors (Lipinski definition) is 1. The van der Waals surface area contributed by atoms with Crippen molar-refractivity contribution < 1.29 is 14.4 Å². The highest BCUT2D eigenvalue weighted by Crippen LogP contribution is 2.39. The highest BCUT2D eigenvalue weighted by molar-refractivity contribution is 5.76. The van der Waals surface area contributed by atoms with Crippen molar-refractivity contribution in [3.8, 4) is 22.6 Å². The fraction of sp³-hybridized carbons (Fsp3) is 0.360. The quantitative estimate of drug-likeness (QED) is 0.654. The topological polar surface area (TPSA) is 66.6 Å². The summed E-state index contributed by atoms with van der Waals surface area (Å²) in [5, 5.41) is 13.5. The SMILES string of the molecule is CCCc1ccc(-c2onc3c2CCc2cc(CN4CC(C(=O)O)C4)ccc2-3)cc1. The van der Waals surface area contributed by atoms with Crippen molar-refractivity contribution in [1.82, 2.24) is 10.1 Å². The summed E-state index contributed by atoms with van der Waals surface area (Å²) < 4.78 is 5.80. The third-order valence-corrected chi connectivity index (χ3v) is 6.32. The van der Waals surface area contributed by atoms with Gasteiger partial charge in [-0.25, -0.2) is 0 Å². The van der Waals surface area contributed by atoms with E-state index in [9.17, 15) is 4.79 Å². The van der Waals surface area contributed by atoms with Crippen molar-refractivity contribution in [2.75, 3.05) is 13.1 Å². The van der Waals surface area contributed by atoms with Crippen LogP contribution in [0.5, 0.6) is 0 Å². The fourth-order valence-electron chi connectivity index (χ4n) is 4.65. The Bertz CT molecular complexity index is 1080. The number of benzene rings is 2. The van der Waals surface area contributed by atoms with Gasteiger partial charge in [0.05, 0.1) is 5.92 Å². The molecule has 5 nitrogen and oxygen atoms in total. The molecule has 0 atom stereocenters. The maximum absolute atomic E-state index is 11.0. The van der Waals surface area contributed by atoms with Crippen LogP contribution in [0, 0.1) is 5.92 Å². The van der Waals surface area contributed by atoms with Crippen LogP contribution >= 0.6 is 0 Å². The van der Waals surface area contributed by atoms with Crippen molar-refractivity contribution in [3.05, 3.63) is 64.7 Å². The van der Waals surface area contributed by atoms with Crippen LogP contribution in [0.15, 0.2) is 47.0 Å². The second-order valence-electron chi connectivity index (χ2n) is 8.51. The van der Waals surface area contributed by atoms with E-state index in [-0.39, 0.29) is 5.92 Å². The first-order valence-electron chi connectivity index (χ1n) is 10.8. The standard InChI is InChI=1S/C25H26N2O3/c1-2-3-16-4-7-18(8-5-16)24-22-11-9-19-12-17(6-10-21(19)23(22)26-30-24)13-27-14-20(15-27)25(28)29/h4-8,10,12,20H,2-3,9,11,13-15H2,1H3,(H,28,29). The zero-order chi connectivity index (χ0) is 20.7. The van der Waals surface area contributed by atoms with E-state index in [2.05, 4.69) is 59.4 Å². The summed E-state index contributed by atoms with van der Waals surface area (Å²) in [6, 6.07) is 15.2. The number of carboxylic acids is 1. The van der Waals surface area contributed by atoms with Crippen molar-refractivity contribution >= 4 is 5.97 Å². The average molecular weight is 402 g/mol. The Morgan fingerprint density at radius 3 is 2.63 bits per heavy atom. The molecule has 2 heterocycles. The van der Waals surface area contributed by atoms with Gasteiger partial charge in [-0.15, -0.1) is 0 Å². The number of carboxylic acid groups (broad SMARTS) is 1. The van der Waals surface area contributed by atoms with Gasteiger partial charge >= 0.3 is 5.97 Å². The Hall–Kier alpha value is -2.92. The Morgan fingerprint density at radius 1 is 1.13 bits per heavy atom. The summed E-state index contributed by atoms with van der Waals surface area (Å²) >= 11 is 0. The van der Waals surface area contributed by atoms with Gasteiger partial charge in [0, 0.05) is 36.3 Å². The van der Waals surface area contributed by atoms with Crippen LogP contribution in [0.4, 0.5) is 0 Å². The number of likely N-dealkylation sites (tertiary alicyclic amines) is 1. The highest BCUT2D eigenvalue weighted by Gasteiger charge is 2.32. The molecule has 154 valence electrons. The first-order valence-corrected chi connectivity index (χ1v) is 10.8. The molecular weight excluding hydrogens is 376 g/mol. The molecule has 3 aromatic rings. The lowest BCUT2D eigenvalue weighted by Gasteiger charge is -2.36. The van der Waals surface area contributed by atoms with Gasteiger partial charge in [0.1, 0.15) is 5.69 Å². The Labute approximate surface area is 176 Å². The number of carbonyl (C=O) groups is 1. The molecule has 1 aromatic heterocycles. The first-order chi connectivity index (χ1) is 14.6. The predicted molar refractivity (Wildman–Crippen MR) is 115 cm³/mol. The molecule has 2 aromatic carbocycles. The van der Waals surface area contributed by atoms with Gasteiger partial charge in [-0.3, -0.25) is 9.69 Å². The molecular formula is C25H26N2O3. The molecule has 30 heavy (non-hydrogen) atoms. The Kier molecular flexibility index (Phi) is 4.91. The number of rotatable bonds is 6. The van der Waals surface area contributed by atoms with E-state index in [1.165, 1.54) is 22.3 Å². The number of nitrogens with zero attached hydrogens (tertiary/aromatic N) is 2. The summed E-state index contributed by atoms with van der Waals surface area (Å²) in [7, 11) is 0. The third-order valence-electron chi connectivity index (χ3n) is 6.32. The van der Waals surface area contributed by atoms with Gasteiger partial charge in [-0.2, -0.15) is 0 Å². The molecule has 1 N–H and O–H groups in total. The maximum atomic E-state index is 11.0. The normalized spacial score (nSPS) is 16.0. The Balaban J connectivity index is 1.36. The van der Waals surface area contributed by atoms with Crippen molar-refractivity contribution in [2.24, 2.45) is 5.92 Å². The second kappa shape index (κ2) is 7.73. The summed E-state index contributed by atoms with van der Waals surface area (Å²) in [4.78, 5) is 13.2. The van der Waals surface area contributed by atoms with E-state index in [1.807, 2.05) is 0 Å². The lowest BCUT2D eigenvalue weighted by Crippen LogP contribution is -2.49. The van der Waals surface area contributed by atoms with Crippen molar-refractivity contribution in [1.29, 1.82) is 0 Å². The van der Waals surface area contributed by atoms with E-state index < -0.39 is 5.97 Å². The number of aliphatic carboxylic acids is 1. The fourth-order valence-corrected chi connectivity index (χ4v) is 4.65. The molecule has 5 rings (SSSR count). The van der Waals surface area contributed by atoms with Crippen LogP contribution < -0.4 is 0 Å². The molecule has 0 saturated carbocycles. The minimum Gasteiger partial charge on any atom is -0.481 e. The van der Waals surface area contributed by atoms with Crippen LogP contribution in [0.1, 0.15) is 35.6 Å². The number of hydrogen-bond acceptors (Lipinski definition) is 4. The van der Waals surface area contributed by atoms with E-state index in [4.69, 9.17) is 9.63 Å². The van der Waals surface area contributed by atoms with Crippen LogP contribution in [-0.4, -0.2) is 34.2 Å². The lowest BCUT2D eigenvalue weighted by molar-refractivity contribution is -0.147. The summed E-state index contributed by atoms with van der Waals surface area (Å²) in [5.74, 6) is -0.0103. The minimum atomic E-state index is -0.689. The molecule has 0 amide bonds. The molecule has 2 aliphatic rings. The molecule has 0 bridgehead atoms. The summed E-state index contributed by atoms with van der Waals surface area (Å²) in [6.07, 6.45) is 4.13. The second-order valence-corrected chi connectivity index (χ2v) is 8.51. The third kappa shape index (κ3) is 3.43. The van der Waals surface area contributed by atoms with Crippen LogP contribution in [-0.2, 0) is 30.6 Å². The van der Waals surface area contributed by atoms with Gasteiger partial charge in [0.25, 0.3) is 0 Å². The summed E-state index contributed by atoms with van der Waals surface area (Å²) in [5.41, 5.74) is 8.30. The summed E-state index contributed by atoms with van der Waals surface area (Å²) in [6.45, 7) is 4.28. The number of aromatic nitrogens is 1. The van der Waals surface area contributed by atoms with Crippen LogP contribution in [0.25, 0.3) is 22.6 Å². The molecule has 5 heteroatoms. The smallest absolute Gasteiger partial charge is 0.309 e. The maximum Gasteiger partial charge on any atom is 0.309 e. The van der Waals surface area contributed by atoms with Crippen LogP contribution in [0.3, 0.4) is 0 Å². The number of aryl methyl sites for hydroxylation is 2. The lowest BCUT2D eigenvalue weighted by atomic mass is 9.86. The predicted octanol–water partition coefficient (Wildman–Crippen LogP) is 4.58. The molecule has 1 aliphatic carbocycles. The molecule has 0 unspecified atom stereocenters. The van der Waals surface area contributed by atoms with Gasteiger partial charge in [0.15, 0.2) is 5.76 Å². The zero-order valence-electron chi connectivity index (χ0n) is 17.2. The first kappa shape index (κ1) is 19.1. The largest absolute Gasteiger partial charge is 0.481 e. The molecule has 1 aliphatic heterocycles. The average Bonchev–Trinajstić information content (AvgIpc) is 3.15. The van der Waals surface area contributed by atoms with Gasteiger partial charge < -0.3 is 9.63 Å². The molecule has 0 radical (unpaired) electrons. The van der Waals surface area contributed by atoms with Crippen molar-refractivity contribution in [3.63, 3.8) is 0 Å². The van der Waals surface area contributed by atoms with E-state index in [1.54, 1.807) is 0 Å². The van der Waals surface area contributed by atoms with Gasteiger partial charge in [0.2, 0.25) is 0 Å². The van der Waals surface area contributed by atoms with E-state index >= 15 is 0 Å². The molecule has 1 saturated heterocycles. The van der Waals surface area contributed by atoms with Gasteiger partial charge in [-0.1, -0.05) is 61.0 Å². The molecule has 0 spiro atoms. The minimum absolute atomic E-state index is 0.213. The van der Waals surface area contributed by atoms with Gasteiger partial charge in [-0.05, 0) is 36.0 Å². The van der Waals surface area contributed by atoms with E-state index in [0.717, 1.165) is 54.8 Å². The van der Waals surface area contributed by atoms with E-state index in [0.29, 0.717) is 13.1 Å². The van der Waals surface area contributed by atoms with Crippen molar-refractivity contribution in [2.45, 2.75) is 39.2 Å². The highest BCUT2D eigenvalue weighted by atomic mass is 16.5. The number of fused-ring (bicyclic) bond motifs is 3. The zero-order valence-corrected chi connectivity index (χ0v) is 17.2. The Morgan fingerprint density at radius 2 is 1.90 bits per heavy atom. The molecule has 1 fully saturated rings. The van der Waals surface area contributed by atoms with Crippen LogP contribution in [0.2, 0.25) is 0 Å².